The van der Waals surface area contributed by atoms with E-state index in [2.05, 4.69) is 4.90 Å². The van der Waals surface area contributed by atoms with Crippen molar-refractivity contribution >= 4 is 11.6 Å². The molecule has 1 N–H and O–H groups in total. The summed E-state index contributed by atoms with van der Waals surface area (Å²) in [5.41, 5.74) is 2.73. The standard InChI is InChI=1S/C18H20ClNO/c19-16-11-15(13-20-9-5-2-6-10-20)18(21)17(12-16)14-7-3-1-4-8-14/h1,3-4,7-8,11-12,21H,2,5-6,9-10,13H2. The summed E-state index contributed by atoms with van der Waals surface area (Å²) in [5, 5.41) is 11.3. The smallest absolute Gasteiger partial charge is 0.127 e. The molecule has 2 nitrogen and oxygen atoms in total. The van der Waals surface area contributed by atoms with Crippen LogP contribution in [0.3, 0.4) is 0 Å². The Balaban J connectivity index is 1.92. The Bertz CT molecular complexity index is 606. The van der Waals surface area contributed by atoms with Crippen LogP contribution >= 0.6 is 11.6 Å². The molecule has 2 aromatic carbocycles. The number of hydrogen-bond donors (Lipinski definition) is 1. The fraction of sp³-hybridized carbons (Fsp3) is 0.333. The van der Waals surface area contributed by atoms with Crippen LogP contribution in [0.1, 0.15) is 24.8 Å². The lowest BCUT2D eigenvalue weighted by molar-refractivity contribution is 0.218. The lowest BCUT2D eigenvalue weighted by Crippen LogP contribution is -2.29. The first-order chi connectivity index (χ1) is 10.2. The molecule has 1 saturated heterocycles. The second-order valence-electron chi connectivity index (χ2n) is 5.66. The molecule has 0 unspecified atom stereocenters. The minimum absolute atomic E-state index is 0.358. The van der Waals surface area contributed by atoms with Gasteiger partial charge in [-0.2, -0.15) is 0 Å². The molecule has 0 bridgehead atoms. The molecule has 0 atom stereocenters. The van der Waals surface area contributed by atoms with Gasteiger partial charge >= 0.3 is 0 Å². The third-order valence-electron chi connectivity index (χ3n) is 4.08. The summed E-state index contributed by atoms with van der Waals surface area (Å²) in [5.74, 6) is 0.358. The van der Waals surface area contributed by atoms with E-state index in [9.17, 15) is 5.11 Å². The molecule has 0 saturated carbocycles. The van der Waals surface area contributed by atoms with Gasteiger partial charge in [-0.15, -0.1) is 0 Å². The molecule has 0 amide bonds. The summed E-state index contributed by atoms with van der Waals surface area (Å²) >= 11 is 6.26. The monoisotopic (exact) mass is 301 g/mol. The topological polar surface area (TPSA) is 23.5 Å². The Morgan fingerprint density at radius 2 is 1.71 bits per heavy atom. The van der Waals surface area contributed by atoms with Gasteiger partial charge in [-0.05, 0) is 43.6 Å². The summed E-state index contributed by atoms with van der Waals surface area (Å²) in [6.07, 6.45) is 3.80. The van der Waals surface area contributed by atoms with Crippen LogP contribution in [-0.2, 0) is 6.54 Å². The van der Waals surface area contributed by atoms with E-state index < -0.39 is 0 Å². The van der Waals surface area contributed by atoms with Crippen molar-refractivity contribution in [2.24, 2.45) is 0 Å². The Morgan fingerprint density at radius 3 is 2.43 bits per heavy atom. The number of benzene rings is 2. The molecule has 0 aliphatic carbocycles. The molecular weight excluding hydrogens is 282 g/mol. The van der Waals surface area contributed by atoms with E-state index in [-0.39, 0.29) is 0 Å². The van der Waals surface area contributed by atoms with Gasteiger partial charge in [-0.1, -0.05) is 48.4 Å². The maximum atomic E-state index is 10.6. The van der Waals surface area contributed by atoms with Crippen LogP contribution < -0.4 is 0 Å². The van der Waals surface area contributed by atoms with Crippen LogP contribution in [0.5, 0.6) is 5.75 Å². The SMILES string of the molecule is Oc1c(CN2CCCCC2)cc(Cl)cc1-c1ccccc1. The maximum Gasteiger partial charge on any atom is 0.127 e. The van der Waals surface area contributed by atoms with E-state index in [1.54, 1.807) is 0 Å². The molecule has 0 spiro atoms. The van der Waals surface area contributed by atoms with Crippen LogP contribution in [0.15, 0.2) is 42.5 Å². The van der Waals surface area contributed by atoms with Crippen molar-refractivity contribution in [2.45, 2.75) is 25.8 Å². The predicted molar refractivity (Wildman–Crippen MR) is 87.7 cm³/mol. The molecule has 0 radical (unpaired) electrons. The van der Waals surface area contributed by atoms with E-state index in [1.807, 2.05) is 42.5 Å². The highest BCUT2D eigenvalue weighted by molar-refractivity contribution is 6.31. The summed E-state index contributed by atoms with van der Waals surface area (Å²) in [7, 11) is 0. The van der Waals surface area contributed by atoms with Gasteiger partial charge in [-0.3, -0.25) is 4.90 Å². The van der Waals surface area contributed by atoms with Crippen LogP contribution in [0, 0.1) is 0 Å². The van der Waals surface area contributed by atoms with Gasteiger partial charge < -0.3 is 5.11 Å². The van der Waals surface area contributed by atoms with Crippen molar-refractivity contribution in [1.29, 1.82) is 0 Å². The van der Waals surface area contributed by atoms with E-state index in [1.165, 1.54) is 19.3 Å². The van der Waals surface area contributed by atoms with Gasteiger partial charge in [0.1, 0.15) is 5.75 Å². The molecule has 1 fully saturated rings. The van der Waals surface area contributed by atoms with Crippen LogP contribution in [0.2, 0.25) is 5.02 Å². The lowest BCUT2D eigenvalue weighted by atomic mass is 10.0. The first kappa shape index (κ1) is 14.4. The molecule has 110 valence electrons. The highest BCUT2D eigenvalue weighted by Gasteiger charge is 2.16. The first-order valence-corrected chi connectivity index (χ1v) is 7.91. The number of rotatable bonds is 3. The average Bonchev–Trinajstić information content (AvgIpc) is 2.52. The van der Waals surface area contributed by atoms with Gasteiger partial charge in [0, 0.05) is 22.7 Å². The van der Waals surface area contributed by atoms with Crippen LogP contribution in [0.4, 0.5) is 0 Å². The third kappa shape index (κ3) is 3.39. The van der Waals surface area contributed by atoms with E-state index in [0.717, 1.165) is 36.3 Å². The number of hydrogen-bond acceptors (Lipinski definition) is 2. The van der Waals surface area contributed by atoms with Crippen molar-refractivity contribution < 1.29 is 5.11 Å². The molecule has 21 heavy (non-hydrogen) atoms. The summed E-state index contributed by atoms with van der Waals surface area (Å²) < 4.78 is 0. The maximum absolute atomic E-state index is 10.6. The second-order valence-corrected chi connectivity index (χ2v) is 6.10. The normalized spacial score (nSPS) is 16.0. The predicted octanol–water partition coefficient (Wildman–Crippen LogP) is 4.70. The van der Waals surface area contributed by atoms with E-state index >= 15 is 0 Å². The Labute approximate surface area is 131 Å². The molecule has 3 heteroatoms. The molecule has 1 aliphatic heterocycles. The zero-order chi connectivity index (χ0) is 14.7. The van der Waals surface area contributed by atoms with Gasteiger partial charge in [0.25, 0.3) is 0 Å². The zero-order valence-electron chi connectivity index (χ0n) is 12.1. The first-order valence-electron chi connectivity index (χ1n) is 7.53. The molecule has 1 heterocycles. The third-order valence-corrected chi connectivity index (χ3v) is 4.30. The molecular formula is C18H20ClNO. The summed E-state index contributed by atoms with van der Waals surface area (Å²) in [6, 6.07) is 13.6. The Hall–Kier alpha value is -1.51. The number of halogens is 1. The van der Waals surface area contributed by atoms with Gasteiger partial charge in [0.05, 0.1) is 0 Å². The van der Waals surface area contributed by atoms with Crippen molar-refractivity contribution in [2.75, 3.05) is 13.1 Å². The number of nitrogens with zero attached hydrogens (tertiary/aromatic N) is 1. The minimum Gasteiger partial charge on any atom is -0.507 e. The fourth-order valence-electron chi connectivity index (χ4n) is 2.97. The highest BCUT2D eigenvalue weighted by atomic mass is 35.5. The quantitative estimate of drug-likeness (QED) is 0.888. The zero-order valence-corrected chi connectivity index (χ0v) is 12.8. The largest absolute Gasteiger partial charge is 0.507 e. The summed E-state index contributed by atoms with van der Waals surface area (Å²) in [6.45, 7) is 2.98. The van der Waals surface area contributed by atoms with Gasteiger partial charge in [0.2, 0.25) is 0 Å². The second kappa shape index (κ2) is 6.50. The Morgan fingerprint density at radius 1 is 1.00 bits per heavy atom. The van der Waals surface area contributed by atoms with Gasteiger partial charge in [0.15, 0.2) is 0 Å². The fourth-order valence-corrected chi connectivity index (χ4v) is 3.21. The van der Waals surface area contributed by atoms with Crippen LogP contribution in [0.25, 0.3) is 11.1 Å². The molecule has 1 aliphatic rings. The van der Waals surface area contributed by atoms with Crippen molar-refractivity contribution in [3.05, 3.63) is 53.1 Å². The lowest BCUT2D eigenvalue weighted by Gasteiger charge is -2.27. The van der Waals surface area contributed by atoms with Crippen LogP contribution in [-0.4, -0.2) is 23.1 Å². The van der Waals surface area contributed by atoms with Crippen molar-refractivity contribution in [3.63, 3.8) is 0 Å². The molecule has 2 aromatic rings. The highest BCUT2D eigenvalue weighted by Crippen LogP contribution is 2.36. The minimum atomic E-state index is 0.358. The Kier molecular flexibility index (Phi) is 4.47. The van der Waals surface area contributed by atoms with E-state index in [4.69, 9.17) is 11.6 Å². The van der Waals surface area contributed by atoms with Gasteiger partial charge in [-0.25, -0.2) is 0 Å². The van der Waals surface area contributed by atoms with Crippen molar-refractivity contribution in [1.82, 2.24) is 4.90 Å². The number of likely N-dealkylation sites (tertiary alicyclic amines) is 1. The number of phenolic OH excluding ortho intramolecular Hbond substituents is 1. The molecule has 3 rings (SSSR count). The number of aromatic hydroxyl groups is 1. The summed E-state index contributed by atoms with van der Waals surface area (Å²) in [4.78, 5) is 2.39. The number of phenols is 1. The molecule has 0 aromatic heterocycles. The van der Waals surface area contributed by atoms with Crippen molar-refractivity contribution in [3.8, 4) is 16.9 Å². The average molecular weight is 302 g/mol. The number of piperidine rings is 1. The van der Waals surface area contributed by atoms with E-state index in [0.29, 0.717) is 10.8 Å².